The fourth-order valence-electron chi connectivity index (χ4n) is 1.28. The van der Waals surface area contributed by atoms with Crippen LogP contribution in [0.5, 0.6) is 0 Å². The van der Waals surface area contributed by atoms with Crippen LogP contribution in [0.1, 0.15) is 22.3 Å². The number of aliphatic hydroxyl groups excluding tert-OH is 1. The summed E-state index contributed by atoms with van der Waals surface area (Å²) in [5.74, 6) is -0.113. The molecule has 1 aromatic heterocycles. The minimum Gasteiger partial charge on any atom is -0.395 e. The molecule has 0 aliphatic rings. The smallest absolute Gasteiger partial charge is 0.265 e. The number of aromatic nitrogens is 1. The maximum absolute atomic E-state index is 11.9. The van der Waals surface area contributed by atoms with Gasteiger partial charge < -0.3 is 15.7 Å². The number of aryl methyl sites for hydroxylation is 1. The molecule has 1 amide bonds. The Morgan fingerprint density at radius 3 is 2.73 bits per heavy atom. The van der Waals surface area contributed by atoms with Crippen molar-refractivity contribution in [1.82, 2.24) is 9.88 Å². The lowest BCUT2D eigenvalue weighted by atomic mass is 10.3. The van der Waals surface area contributed by atoms with E-state index in [1.54, 1.807) is 11.8 Å². The minimum atomic E-state index is -0.113. The van der Waals surface area contributed by atoms with Crippen LogP contribution in [-0.2, 0) is 0 Å². The zero-order valence-electron chi connectivity index (χ0n) is 8.86. The first-order valence-electron chi connectivity index (χ1n) is 4.73. The number of rotatable bonds is 4. The van der Waals surface area contributed by atoms with E-state index in [1.165, 1.54) is 11.3 Å². The van der Waals surface area contributed by atoms with E-state index in [9.17, 15) is 4.79 Å². The van der Waals surface area contributed by atoms with E-state index in [-0.39, 0.29) is 12.5 Å². The van der Waals surface area contributed by atoms with Crippen molar-refractivity contribution in [3.8, 4) is 0 Å². The molecule has 5 nitrogen and oxygen atoms in total. The van der Waals surface area contributed by atoms with Crippen LogP contribution >= 0.6 is 11.3 Å². The van der Waals surface area contributed by atoms with Gasteiger partial charge in [-0.1, -0.05) is 11.3 Å². The highest BCUT2D eigenvalue weighted by atomic mass is 32.1. The first-order valence-corrected chi connectivity index (χ1v) is 5.54. The van der Waals surface area contributed by atoms with Crippen LogP contribution in [0.4, 0.5) is 5.13 Å². The second-order valence-electron chi connectivity index (χ2n) is 3.08. The van der Waals surface area contributed by atoms with E-state index < -0.39 is 0 Å². The number of aliphatic hydroxyl groups is 1. The summed E-state index contributed by atoms with van der Waals surface area (Å²) in [6.45, 7) is 4.50. The van der Waals surface area contributed by atoms with Crippen LogP contribution in [0.15, 0.2) is 0 Å². The number of thiazole rings is 1. The van der Waals surface area contributed by atoms with E-state index in [0.29, 0.717) is 28.8 Å². The molecular formula is C9H15N3O2S. The molecule has 1 heterocycles. The molecule has 0 saturated heterocycles. The van der Waals surface area contributed by atoms with Crippen LogP contribution in [0.3, 0.4) is 0 Å². The topological polar surface area (TPSA) is 79.5 Å². The Kier molecular flexibility index (Phi) is 4.05. The Balaban J connectivity index is 2.87. The Labute approximate surface area is 92.5 Å². The average molecular weight is 229 g/mol. The lowest BCUT2D eigenvalue weighted by Gasteiger charge is -2.18. The number of nitrogens with zero attached hydrogens (tertiary/aromatic N) is 2. The Morgan fingerprint density at radius 1 is 1.67 bits per heavy atom. The van der Waals surface area contributed by atoms with Crippen molar-refractivity contribution in [2.75, 3.05) is 25.4 Å². The van der Waals surface area contributed by atoms with Crippen LogP contribution in [0.25, 0.3) is 0 Å². The monoisotopic (exact) mass is 229 g/mol. The molecule has 1 aromatic rings. The number of hydrogen-bond donors (Lipinski definition) is 2. The SMILES string of the molecule is CCN(CCO)C(=O)c1sc(N)nc1C. The van der Waals surface area contributed by atoms with Crippen molar-refractivity contribution in [2.45, 2.75) is 13.8 Å². The number of nitrogens with two attached hydrogens (primary N) is 1. The Hall–Kier alpha value is -1.14. The van der Waals surface area contributed by atoms with Gasteiger partial charge in [0.15, 0.2) is 5.13 Å². The van der Waals surface area contributed by atoms with Crippen LogP contribution in [0.2, 0.25) is 0 Å². The number of likely N-dealkylation sites (N-methyl/N-ethyl adjacent to an activating group) is 1. The molecule has 0 aromatic carbocycles. The lowest BCUT2D eigenvalue weighted by Crippen LogP contribution is -2.33. The number of anilines is 1. The molecule has 0 unspecified atom stereocenters. The number of carbonyl (C=O) groups is 1. The summed E-state index contributed by atoms with van der Waals surface area (Å²) in [5.41, 5.74) is 6.17. The van der Waals surface area contributed by atoms with E-state index in [2.05, 4.69) is 4.98 Å². The maximum atomic E-state index is 11.9. The number of nitrogen functional groups attached to an aromatic ring is 1. The van der Waals surface area contributed by atoms with Crippen LogP contribution in [-0.4, -0.2) is 40.6 Å². The quantitative estimate of drug-likeness (QED) is 0.787. The molecular weight excluding hydrogens is 214 g/mol. The third-order valence-electron chi connectivity index (χ3n) is 2.05. The van der Waals surface area contributed by atoms with Crippen LogP contribution < -0.4 is 5.73 Å². The predicted molar refractivity (Wildman–Crippen MR) is 59.9 cm³/mol. The third-order valence-corrected chi connectivity index (χ3v) is 3.02. The summed E-state index contributed by atoms with van der Waals surface area (Å²) in [4.78, 5) is 18.1. The van der Waals surface area contributed by atoms with E-state index >= 15 is 0 Å². The Bertz CT molecular complexity index is 351. The van der Waals surface area contributed by atoms with Gasteiger partial charge in [-0.15, -0.1) is 0 Å². The fraction of sp³-hybridized carbons (Fsp3) is 0.556. The van der Waals surface area contributed by atoms with Crippen molar-refractivity contribution in [1.29, 1.82) is 0 Å². The normalized spacial score (nSPS) is 10.3. The van der Waals surface area contributed by atoms with Crippen molar-refractivity contribution >= 4 is 22.4 Å². The highest BCUT2D eigenvalue weighted by Gasteiger charge is 2.19. The summed E-state index contributed by atoms with van der Waals surface area (Å²) >= 11 is 1.19. The Morgan fingerprint density at radius 2 is 2.33 bits per heavy atom. The molecule has 6 heteroatoms. The molecule has 0 atom stereocenters. The van der Waals surface area contributed by atoms with E-state index in [1.807, 2.05) is 6.92 Å². The van der Waals surface area contributed by atoms with E-state index in [4.69, 9.17) is 10.8 Å². The largest absolute Gasteiger partial charge is 0.395 e. The number of carbonyl (C=O) groups excluding carboxylic acids is 1. The lowest BCUT2D eigenvalue weighted by molar-refractivity contribution is 0.0736. The number of amides is 1. The summed E-state index contributed by atoms with van der Waals surface area (Å²) in [5, 5.41) is 9.21. The fourth-order valence-corrected chi connectivity index (χ4v) is 2.08. The van der Waals surface area contributed by atoms with Gasteiger partial charge in [0, 0.05) is 13.1 Å². The first-order chi connectivity index (χ1) is 7.10. The number of hydrogen-bond acceptors (Lipinski definition) is 5. The summed E-state index contributed by atoms with van der Waals surface area (Å²) in [7, 11) is 0. The zero-order valence-corrected chi connectivity index (χ0v) is 9.67. The van der Waals surface area contributed by atoms with Crippen LogP contribution in [0, 0.1) is 6.92 Å². The molecule has 0 saturated carbocycles. The minimum absolute atomic E-state index is 0.0348. The highest BCUT2D eigenvalue weighted by molar-refractivity contribution is 7.17. The molecule has 0 fully saturated rings. The van der Waals surface area contributed by atoms with Crippen molar-refractivity contribution in [3.05, 3.63) is 10.6 Å². The van der Waals surface area contributed by atoms with Gasteiger partial charge in [-0.3, -0.25) is 4.79 Å². The molecule has 0 aliphatic carbocycles. The predicted octanol–water partition coefficient (Wildman–Crippen LogP) is 0.488. The molecule has 84 valence electrons. The van der Waals surface area contributed by atoms with Gasteiger partial charge in [0.25, 0.3) is 5.91 Å². The second kappa shape index (κ2) is 5.09. The molecule has 0 radical (unpaired) electrons. The molecule has 0 spiro atoms. The zero-order chi connectivity index (χ0) is 11.4. The summed E-state index contributed by atoms with van der Waals surface area (Å²) < 4.78 is 0. The first kappa shape index (κ1) is 11.9. The van der Waals surface area contributed by atoms with Gasteiger partial charge in [0.05, 0.1) is 12.3 Å². The molecule has 3 N–H and O–H groups in total. The van der Waals surface area contributed by atoms with Gasteiger partial charge in [-0.2, -0.15) is 0 Å². The van der Waals surface area contributed by atoms with Gasteiger partial charge in [-0.05, 0) is 13.8 Å². The average Bonchev–Trinajstić information content (AvgIpc) is 2.53. The van der Waals surface area contributed by atoms with Gasteiger partial charge in [-0.25, -0.2) is 4.98 Å². The van der Waals surface area contributed by atoms with Gasteiger partial charge in [0.1, 0.15) is 4.88 Å². The molecule has 0 aliphatic heterocycles. The third kappa shape index (κ3) is 2.66. The molecule has 15 heavy (non-hydrogen) atoms. The maximum Gasteiger partial charge on any atom is 0.265 e. The second-order valence-corrected chi connectivity index (χ2v) is 4.11. The summed E-state index contributed by atoms with van der Waals surface area (Å²) in [6.07, 6.45) is 0. The molecule has 0 bridgehead atoms. The molecule has 1 rings (SSSR count). The standard InChI is InChI=1S/C9H15N3O2S/c1-3-12(4-5-13)8(14)7-6(2)11-9(10)15-7/h13H,3-5H2,1-2H3,(H2,10,11). The van der Waals surface area contributed by atoms with Crippen molar-refractivity contribution in [2.24, 2.45) is 0 Å². The van der Waals surface area contributed by atoms with Gasteiger partial charge >= 0.3 is 0 Å². The highest BCUT2D eigenvalue weighted by Crippen LogP contribution is 2.21. The van der Waals surface area contributed by atoms with Crippen molar-refractivity contribution < 1.29 is 9.90 Å². The van der Waals surface area contributed by atoms with E-state index in [0.717, 1.165) is 0 Å². The summed E-state index contributed by atoms with van der Waals surface area (Å²) in [6, 6.07) is 0. The van der Waals surface area contributed by atoms with Gasteiger partial charge in [0.2, 0.25) is 0 Å². The van der Waals surface area contributed by atoms with Crippen molar-refractivity contribution in [3.63, 3.8) is 0 Å².